The molecule has 0 unspecified atom stereocenters. The smallest absolute Gasteiger partial charge is 0.213 e. The van der Waals surface area contributed by atoms with Gasteiger partial charge in [-0.1, -0.05) is 17.8 Å². The molecule has 1 aliphatic carbocycles. The Morgan fingerprint density at radius 1 is 0.964 bits per heavy atom. The predicted molar refractivity (Wildman–Crippen MR) is 112 cm³/mol. The van der Waals surface area contributed by atoms with Gasteiger partial charge < -0.3 is 14.5 Å². The maximum Gasteiger partial charge on any atom is 0.213 e. The Morgan fingerprint density at radius 3 is 2.50 bits per heavy atom. The molecule has 5 rings (SSSR count). The van der Waals surface area contributed by atoms with Gasteiger partial charge in [0.15, 0.2) is 5.01 Å². The number of rotatable bonds is 6. The molecule has 0 N–H and O–H groups in total. The summed E-state index contributed by atoms with van der Waals surface area (Å²) in [7, 11) is 0. The molecule has 2 saturated heterocycles. The molecule has 2 aromatic rings. The lowest BCUT2D eigenvalue weighted by Gasteiger charge is -2.40. The molecule has 2 aromatic heterocycles. The minimum Gasteiger partial charge on any atom is -0.477 e. The fourth-order valence-corrected chi connectivity index (χ4v) is 5.13. The van der Waals surface area contributed by atoms with Crippen LogP contribution in [0.2, 0.25) is 0 Å². The van der Waals surface area contributed by atoms with Crippen LogP contribution >= 0.6 is 11.3 Å². The summed E-state index contributed by atoms with van der Waals surface area (Å²) < 4.78 is 5.73. The van der Waals surface area contributed by atoms with Crippen LogP contribution < -0.4 is 9.64 Å². The van der Waals surface area contributed by atoms with Crippen molar-refractivity contribution >= 4 is 16.5 Å². The van der Waals surface area contributed by atoms with Gasteiger partial charge in [-0.2, -0.15) is 0 Å². The van der Waals surface area contributed by atoms with Gasteiger partial charge in [0.05, 0.1) is 6.61 Å². The van der Waals surface area contributed by atoms with Gasteiger partial charge in [-0.05, 0) is 63.6 Å². The van der Waals surface area contributed by atoms with Crippen LogP contribution in [0.5, 0.6) is 5.88 Å². The Balaban J connectivity index is 1.17. The quantitative estimate of drug-likeness (QED) is 0.736. The first-order valence-electron chi connectivity index (χ1n) is 10.8. The van der Waals surface area contributed by atoms with Crippen molar-refractivity contribution in [2.24, 2.45) is 5.92 Å². The summed E-state index contributed by atoms with van der Waals surface area (Å²) in [5.74, 6) is 1.45. The van der Waals surface area contributed by atoms with Crippen LogP contribution in [0.4, 0.5) is 5.13 Å². The van der Waals surface area contributed by atoms with Crippen molar-refractivity contribution in [3.8, 4) is 16.5 Å². The summed E-state index contributed by atoms with van der Waals surface area (Å²) in [6.45, 7) is 5.55. The second kappa shape index (κ2) is 8.33. The molecule has 0 spiro atoms. The van der Waals surface area contributed by atoms with Gasteiger partial charge in [0.25, 0.3) is 0 Å². The lowest BCUT2D eigenvalue weighted by atomic mass is 10.0. The molecular weight excluding hydrogens is 370 g/mol. The number of piperidine rings is 2. The van der Waals surface area contributed by atoms with Crippen molar-refractivity contribution in [1.82, 2.24) is 20.1 Å². The molecule has 6 nitrogen and oxygen atoms in total. The second-order valence-electron chi connectivity index (χ2n) is 8.34. The average molecular weight is 400 g/mol. The molecule has 150 valence electrons. The van der Waals surface area contributed by atoms with E-state index in [4.69, 9.17) is 4.74 Å². The highest BCUT2D eigenvalue weighted by Crippen LogP contribution is 2.32. The van der Waals surface area contributed by atoms with Crippen molar-refractivity contribution < 1.29 is 4.74 Å². The number of pyridine rings is 1. The minimum absolute atomic E-state index is 0.708. The summed E-state index contributed by atoms with van der Waals surface area (Å²) in [5.41, 5.74) is 1.02. The summed E-state index contributed by atoms with van der Waals surface area (Å²) in [6, 6.07) is 4.75. The zero-order valence-corrected chi connectivity index (χ0v) is 17.2. The molecule has 7 heteroatoms. The average Bonchev–Trinajstić information content (AvgIpc) is 3.47. The number of likely N-dealkylation sites (tertiary alicyclic amines) is 1. The highest BCUT2D eigenvalue weighted by atomic mass is 32.1. The molecule has 0 bridgehead atoms. The van der Waals surface area contributed by atoms with Gasteiger partial charge in [-0.25, -0.2) is 4.98 Å². The van der Waals surface area contributed by atoms with Crippen molar-refractivity contribution in [3.05, 3.63) is 18.3 Å². The summed E-state index contributed by atoms with van der Waals surface area (Å²) in [6.07, 6.45) is 11.1. The third kappa shape index (κ3) is 4.30. The van der Waals surface area contributed by atoms with E-state index >= 15 is 0 Å². The first kappa shape index (κ1) is 18.3. The number of hydrogen-bond acceptors (Lipinski definition) is 7. The third-order valence-corrected chi connectivity index (χ3v) is 7.24. The normalized spacial score (nSPS) is 21.8. The Hall–Kier alpha value is -1.73. The SMILES string of the molecule is c1cc(OCC2CC2)ncc1-c1nnc(N2CCC(N3CCCCC3)CC2)s1. The Kier molecular flexibility index (Phi) is 5.45. The summed E-state index contributed by atoms with van der Waals surface area (Å²) in [5, 5.41) is 10.9. The van der Waals surface area contributed by atoms with Gasteiger partial charge in [0, 0.05) is 37.0 Å². The molecule has 0 atom stereocenters. The van der Waals surface area contributed by atoms with Crippen LogP contribution in [0.15, 0.2) is 18.3 Å². The van der Waals surface area contributed by atoms with E-state index in [1.807, 2.05) is 18.3 Å². The van der Waals surface area contributed by atoms with Gasteiger partial charge in [-0.3, -0.25) is 0 Å². The van der Waals surface area contributed by atoms with Gasteiger partial charge in [0.2, 0.25) is 11.0 Å². The van der Waals surface area contributed by atoms with E-state index in [9.17, 15) is 0 Å². The largest absolute Gasteiger partial charge is 0.477 e. The maximum absolute atomic E-state index is 5.73. The first-order valence-corrected chi connectivity index (χ1v) is 11.6. The van der Waals surface area contributed by atoms with Crippen molar-refractivity contribution in [2.45, 2.75) is 51.0 Å². The lowest BCUT2D eigenvalue weighted by molar-refractivity contribution is 0.141. The van der Waals surface area contributed by atoms with E-state index in [1.165, 1.54) is 58.0 Å². The fourth-order valence-electron chi connectivity index (χ4n) is 4.25. The van der Waals surface area contributed by atoms with E-state index < -0.39 is 0 Å². The zero-order chi connectivity index (χ0) is 18.8. The van der Waals surface area contributed by atoms with Gasteiger partial charge in [0.1, 0.15) is 0 Å². The van der Waals surface area contributed by atoms with Crippen LogP contribution in [-0.4, -0.2) is 58.9 Å². The number of hydrogen-bond donors (Lipinski definition) is 0. The molecule has 0 aromatic carbocycles. The molecule has 3 aliphatic rings. The number of anilines is 1. The van der Waals surface area contributed by atoms with Crippen LogP contribution in [0, 0.1) is 5.92 Å². The monoisotopic (exact) mass is 399 g/mol. The summed E-state index contributed by atoms with van der Waals surface area (Å²) >= 11 is 1.67. The van der Waals surface area contributed by atoms with Crippen LogP contribution in [-0.2, 0) is 0 Å². The highest BCUT2D eigenvalue weighted by molar-refractivity contribution is 7.18. The molecular formula is C21H29N5OS. The fraction of sp³-hybridized carbons (Fsp3) is 0.667. The number of aromatic nitrogens is 3. The molecule has 0 radical (unpaired) electrons. The lowest BCUT2D eigenvalue weighted by Crippen LogP contribution is -2.46. The molecule has 28 heavy (non-hydrogen) atoms. The van der Waals surface area contributed by atoms with E-state index in [0.29, 0.717) is 5.88 Å². The molecule has 4 heterocycles. The summed E-state index contributed by atoms with van der Waals surface area (Å²) in [4.78, 5) is 9.55. The highest BCUT2D eigenvalue weighted by Gasteiger charge is 2.27. The Labute approximate surface area is 170 Å². The predicted octanol–water partition coefficient (Wildman–Crippen LogP) is 3.84. The second-order valence-corrected chi connectivity index (χ2v) is 9.30. The van der Waals surface area contributed by atoms with Crippen LogP contribution in [0.25, 0.3) is 10.6 Å². The molecule has 3 fully saturated rings. The Morgan fingerprint density at radius 2 is 1.79 bits per heavy atom. The van der Waals surface area contributed by atoms with Crippen LogP contribution in [0.3, 0.4) is 0 Å². The topological polar surface area (TPSA) is 54.4 Å². The van der Waals surface area contributed by atoms with Crippen molar-refractivity contribution in [2.75, 3.05) is 37.7 Å². The van der Waals surface area contributed by atoms with E-state index in [1.54, 1.807) is 11.3 Å². The molecule has 0 amide bonds. The van der Waals surface area contributed by atoms with Gasteiger partial charge >= 0.3 is 0 Å². The molecule has 2 aliphatic heterocycles. The number of nitrogens with zero attached hydrogens (tertiary/aromatic N) is 5. The first-order chi connectivity index (χ1) is 13.8. The zero-order valence-electron chi connectivity index (χ0n) is 16.4. The van der Waals surface area contributed by atoms with Gasteiger partial charge in [-0.15, -0.1) is 10.2 Å². The number of ether oxygens (including phenoxy) is 1. The standard InChI is InChI=1S/C21H29N5OS/c1-2-10-25(11-3-1)18-8-12-26(13-9-18)21-24-23-20(28-21)17-6-7-19(22-14-17)27-15-16-4-5-16/h6-7,14,16,18H,1-5,8-13,15H2. The minimum atomic E-state index is 0.708. The van der Waals surface area contributed by atoms with E-state index in [2.05, 4.69) is 25.0 Å². The van der Waals surface area contributed by atoms with Crippen LogP contribution in [0.1, 0.15) is 44.9 Å². The van der Waals surface area contributed by atoms with Crippen molar-refractivity contribution in [1.29, 1.82) is 0 Å². The Bertz CT molecular complexity index is 761. The van der Waals surface area contributed by atoms with E-state index in [0.717, 1.165) is 47.4 Å². The third-order valence-electron chi connectivity index (χ3n) is 6.20. The molecule has 1 saturated carbocycles. The van der Waals surface area contributed by atoms with E-state index in [-0.39, 0.29) is 0 Å². The van der Waals surface area contributed by atoms with Crippen molar-refractivity contribution in [3.63, 3.8) is 0 Å². The maximum atomic E-state index is 5.73.